The fraction of sp³-hybridized carbons (Fsp3) is 0.240. The Morgan fingerprint density at radius 2 is 1.73 bits per heavy atom. The number of aryl methyl sites for hydroxylation is 3. The molecule has 8 nitrogen and oxygen atoms in total. The lowest BCUT2D eigenvalue weighted by molar-refractivity contribution is -0.274. The third-order valence-electron chi connectivity index (χ3n) is 5.24. The van der Waals surface area contributed by atoms with Gasteiger partial charge in [-0.05, 0) is 62.2 Å². The van der Waals surface area contributed by atoms with Crippen LogP contribution < -0.4 is 10.1 Å². The van der Waals surface area contributed by atoms with Crippen molar-refractivity contribution in [3.8, 4) is 11.4 Å². The zero-order valence-electron chi connectivity index (χ0n) is 20.2. The van der Waals surface area contributed by atoms with Crippen LogP contribution in [0.15, 0.2) is 59.8 Å². The van der Waals surface area contributed by atoms with E-state index in [-0.39, 0.29) is 17.2 Å². The van der Waals surface area contributed by atoms with E-state index in [2.05, 4.69) is 30.3 Å². The fourth-order valence-electron chi connectivity index (χ4n) is 3.63. The van der Waals surface area contributed by atoms with Crippen LogP contribution in [-0.4, -0.2) is 37.2 Å². The summed E-state index contributed by atoms with van der Waals surface area (Å²) in [4.78, 5) is 22.1. The molecule has 37 heavy (non-hydrogen) atoms. The molecular weight excluding hydrogens is 505 g/mol. The molecule has 4 aromatic rings. The van der Waals surface area contributed by atoms with Crippen LogP contribution in [0.25, 0.3) is 5.69 Å². The summed E-state index contributed by atoms with van der Waals surface area (Å²) in [5.41, 5.74) is 4.15. The molecule has 2 aromatic heterocycles. The number of halogens is 3. The normalized spacial score (nSPS) is 11.4. The monoisotopic (exact) mass is 528 g/mol. The molecule has 4 rings (SSSR count). The maximum Gasteiger partial charge on any atom is 0.573 e. The zero-order valence-corrected chi connectivity index (χ0v) is 21.0. The van der Waals surface area contributed by atoms with Crippen LogP contribution >= 0.6 is 11.8 Å². The third-order valence-corrected chi connectivity index (χ3v) is 6.10. The molecule has 2 heterocycles. The van der Waals surface area contributed by atoms with Gasteiger partial charge in [-0.15, -0.1) is 18.3 Å². The van der Waals surface area contributed by atoms with E-state index in [0.717, 1.165) is 23.4 Å². The molecule has 2 aromatic carbocycles. The van der Waals surface area contributed by atoms with Crippen LogP contribution in [0.5, 0.6) is 5.75 Å². The van der Waals surface area contributed by atoms with Crippen molar-refractivity contribution in [2.75, 3.05) is 5.32 Å². The van der Waals surface area contributed by atoms with Gasteiger partial charge in [0.15, 0.2) is 10.9 Å². The van der Waals surface area contributed by atoms with Crippen molar-refractivity contribution in [2.45, 2.75) is 44.5 Å². The average molecular weight is 529 g/mol. The topological polar surface area (TPSA) is 94.8 Å². The Balaban J connectivity index is 1.67. The number of ether oxygens (including phenoxy) is 1. The standard InChI is InChI=1S/C25H23F3N6O2S/c1-4-17-7-5-6-8-20(17)31-23(35)22-21(14-37-24-29-15(2)13-16(3)30-24)34(33-32-22)18-9-11-19(12-10-18)36-25(26,27)28/h5-13H,4,14H2,1-3H3,(H,31,35). The van der Waals surface area contributed by atoms with Crippen molar-refractivity contribution in [1.29, 1.82) is 0 Å². The summed E-state index contributed by atoms with van der Waals surface area (Å²) in [7, 11) is 0. The number of thioether (sulfide) groups is 1. The average Bonchev–Trinajstić information content (AvgIpc) is 3.26. The molecule has 0 radical (unpaired) electrons. The summed E-state index contributed by atoms with van der Waals surface area (Å²) in [6.45, 7) is 5.71. The van der Waals surface area contributed by atoms with Crippen molar-refractivity contribution in [1.82, 2.24) is 25.0 Å². The quantitative estimate of drug-likeness (QED) is 0.232. The Bertz CT molecular complexity index is 1390. The maximum atomic E-state index is 13.3. The van der Waals surface area contributed by atoms with Crippen LogP contribution in [0, 0.1) is 13.8 Å². The number of amides is 1. The lowest BCUT2D eigenvalue weighted by Gasteiger charge is -2.12. The van der Waals surface area contributed by atoms with E-state index in [0.29, 0.717) is 22.2 Å². The lowest BCUT2D eigenvalue weighted by atomic mass is 10.1. The number of nitrogens with zero attached hydrogens (tertiary/aromatic N) is 5. The number of carbonyl (C=O) groups excluding carboxylic acids is 1. The summed E-state index contributed by atoms with van der Waals surface area (Å²) in [5, 5.41) is 11.7. The van der Waals surface area contributed by atoms with Gasteiger partial charge in [-0.3, -0.25) is 4.79 Å². The summed E-state index contributed by atoms with van der Waals surface area (Å²) < 4.78 is 43.1. The first kappa shape index (κ1) is 26.1. The number of benzene rings is 2. The summed E-state index contributed by atoms with van der Waals surface area (Å²) in [6.07, 6.45) is -4.08. The first-order valence-corrected chi connectivity index (χ1v) is 12.3. The Morgan fingerprint density at radius 3 is 2.38 bits per heavy atom. The number of hydrogen-bond acceptors (Lipinski definition) is 7. The van der Waals surface area contributed by atoms with Crippen molar-refractivity contribution >= 4 is 23.4 Å². The van der Waals surface area contributed by atoms with Crippen molar-refractivity contribution in [3.05, 3.63) is 82.9 Å². The first-order valence-electron chi connectivity index (χ1n) is 11.3. The molecule has 0 spiro atoms. The zero-order chi connectivity index (χ0) is 26.6. The highest BCUT2D eigenvalue weighted by molar-refractivity contribution is 7.98. The summed E-state index contributed by atoms with van der Waals surface area (Å²) in [5.74, 6) is -0.597. The number of para-hydroxylation sites is 1. The smallest absolute Gasteiger partial charge is 0.406 e. The molecule has 0 unspecified atom stereocenters. The second kappa shape index (κ2) is 11.0. The van der Waals surface area contributed by atoms with Crippen LogP contribution in [-0.2, 0) is 12.2 Å². The van der Waals surface area contributed by atoms with E-state index >= 15 is 0 Å². The molecule has 0 aliphatic carbocycles. The van der Waals surface area contributed by atoms with Crippen molar-refractivity contribution in [3.63, 3.8) is 0 Å². The van der Waals surface area contributed by atoms with E-state index < -0.39 is 12.3 Å². The van der Waals surface area contributed by atoms with Crippen LogP contribution in [0.2, 0.25) is 0 Å². The molecule has 12 heteroatoms. The molecule has 0 bridgehead atoms. The van der Waals surface area contributed by atoms with Gasteiger partial charge in [-0.1, -0.05) is 42.1 Å². The highest BCUT2D eigenvalue weighted by atomic mass is 32.2. The number of rotatable bonds is 8. The Hall–Kier alpha value is -3.93. The van der Waals surface area contributed by atoms with Gasteiger partial charge in [0.2, 0.25) is 0 Å². The van der Waals surface area contributed by atoms with E-state index in [9.17, 15) is 18.0 Å². The van der Waals surface area contributed by atoms with Gasteiger partial charge in [0.1, 0.15) is 5.75 Å². The molecule has 0 aliphatic heterocycles. The number of nitrogens with one attached hydrogen (secondary N) is 1. The summed E-state index contributed by atoms with van der Waals surface area (Å²) >= 11 is 1.30. The van der Waals surface area contributed by atoms with Gasteiger partial charge < -0.3 is 10.1 Å². The SMILES string of the molecule is CCc1ccccc1NC(=O)c1nnn(-c2ccc(OC(F)(F)F)cc2)c1CSc1nc(C)cc(C)n1. The minimum Gasteiger partial charge on any atom is -0.406 e. The first-order chi connectivity index (χ1) is 17.6. The van der Waals surface area contributed by atoms with E-state index in [1.807, 2.05) is 45.0 Å². The number of aromatic nitrogens is 5. The van der Waals surface area contributed by atoms with Crippen molar-refractivity contribution < 1.29 is 22.7 Å². The third kappa shape index (κ3) is 6.64. The molecule has 0 atom stereocenters. The van der Waals surface area contributed by atoms with Gasteiger partial charge >= 0.3 is 6.36 Å². The molecule has 0 fully saturated rings. The van der Waals surface area contributed by atoms with Crippen LogP contribution in [0.4, 0.5) is 18.9 Å². The van der Waals surface area contributed by atoms with E-state index in [4.69, 9.17) is 0 Å². The number of carbonyl (C=O) groups is 1. The Kier molecular flexibility index (Phi) is 7.77. The second-order valence-corrected chi connectivity index (χ2v) is 8.97. The Morgan fingerprint density at radius 1 is 1.05 bits per heavy atom. The predicted molar refractivity (Wildman–Crippen MR) is 133 cm³/mol. The summed E-state index contributed by atoms with van der Waals surface area (Å²) in [6, 6.07) is 14.5. The maximum absolute atomic E-state index is 13.3. The van der Waals surface area contributed by atoms with Crippen LogP contribution in [0.3, 0.4) is 0 Å². The Labute approximate surface area is 215 Å². The van der Waals surface area contributed by atoms with E-state index in [1.165, 1.54) is 40.7 Å². The number of alkyl halides is 3. The highest BCUT2D eigenvalue weighted by Crippen LogP contribution is 2.27. The van der Waals surface area contributed by atoms with Gasteiger partial charge in [0, 0.05) is 22.8 Å². The molecule has 0 aliphatic rings. The molecule has 1 N–H and O–H groups in total. The largest absolute Gasteiger partial charge is 0.573 e. The predicted octanol–water partition coefficient (Wildman–Crippen LogP) is 5.68. The van der Waals surface area contributed by atoms with Crippen LogP contribution in [0.1, 0.15) is 40.1 Å². The molecule has 0 saturated carbocycles. The van der Waals surface area contributed by atoms with E-state index in [1.54, 1.807) is 6.07 Å². The minimum atomic E-state index is -4.80. The minimum absolute atomic E-state index is 0.0819. The van der Waals surface area contributed by atoms with Crippen molar-refractivity contribution in [2.24, 2.45) is 0 Å². The fourth-order valence-corrected chi connectivity index (χ4v) is 4.57. The molecule has 192 valence electrons. The second-order valence-electron chi connectivity index (χ2n) is 8.03. The number of hydrogen-bond donors (Lipinski definition) is 1. The molecule has 1 amide bonds. The highest BCUT2D eigenvalue weighted by Gasteiger charge is 2.31. The van der Waals surface area contributed by atoms with Gasteiger partial charge in [-0.2, -0.15) is 0 Å². The molecular formula is C25H23F3N6O2S. The van der Waals surface area contributed by atoms with Gasteiger partial charge in [0.25, 0.3) is 5.91 Å². The number of anilines is 1. The lowest BCUT2D eigenvalue weighted by Crippen LogP contribution is -2.17. The molecule has 0 saturated heterocycles. The van der Waals surface area contributed by atoms with Gasteiger partial charge in [0.05, 0.1) is 11.4 Å². The van der Waals surface area contributed by atoms with Gasteiger partial charge in [-0.25, -0.2) is 14.6 Å².